The number of amides is 1. The van der Waals surface area contributed by atoms with Crippen LogP contribution in [0.4, 0.5) is 0 Å². The smallest absolute Gasteiger partial charge is 0.257 e. The Kier molecular flexibility index (Phi) is 3.12. The first-order valence-electron chi connectivity index (χ1n) is 7.15. The second-order valence-electron chi connectivity index (χ2n) is 5.43. The zero-order valence-corrected chi connectivity index (χ0v) is 12.9. The van der Waals surface area contributed by atoms with E-state index in [1.54, 1.807) is 11.8 Å². The molecule has 2 aliphatic rings. The van der Waals surface area contributed by atoms with Gasteiger partial charge < -0.3 is 5.32 Å². The topological polar surface area (TPSA) is 41.5 Å². The zero-order valence-electron chi connectivity index (χ0n) is 12.0. The molecule has 1 N–H and O–H groups in total. The molecule has 0 radical (unpaired) electrons. The Morgan fingerprint density at radius 3 is 2.73 bits per heavy atom. The molecule has 1 atom stereocenters. The number of benzene rings is 2. The number of hydrogen-bond acceptors (Lipinski definition) is 3. The summed E-state index contributed by atoms with van der Waals surface area (Å²) in [7, 11) is 0. The minimum absolute atomic E-state index is 0.0505. The number of nitrogens with zero attached hydrogens (tertiary/aromatic N) is 1. The molecule has 22 heavy (non-hydrogen) atoms. The van der Waals surface area contributed by atoms with Crippen molar-refractivity contribution in [2.24, 2.45) is 4.99 Å². The number of aliphatic imine (C=N–C) groups is 1. The summed E-state index contributed by atoms with van der Waals surface area (Å²) in [6.45, 7) is 2.00. The highest BCUT2D eigenvalue weighted by atomic mass is 32.2. The average Bonchev–Trinajstić information content (AvgIpc) is 3.05. The maximum Gasteiger partial charge on any atom is 0.257 e. The van der Waals surface area contributed by atoms with Crippen molar-refractivity contribution < 1.29 is 4.79 Å². The third-order valence-corrected chi connectivity index (χ3v) is 4.83. The predicted octanol–water partition coefficient (Wildman–Crippen LogP) is 3.92. The second kappa shape index (κ2) is 5.14. The van der Waals surface area contributed by atoms with Crippen LogP contribution in [-0.2, 0) is 0 Å². The van der Waals surface area contributed by atoms with Gasteiger partial charge in [-0.3, -0.25) is 4.79 Å². The van der Waals surface area contributed by atoms with E-state index in [9.17, 15) is 4.79 Å². The number of carbonyl (C=O) groups excluding carboxylic acids is 1. The van der Waals surface area contributed by atoms with Gasteiger partial charge in [0.2, 0.25) is 0 Å². The number of hydrogen-bond donors (Lipinski definition) is 1. The van der Waals surface area contributed by atoms with E-state index in [-0.39, 0.29) is 11.9 Å². The third-order valence-electron chi connectivity index (χ3n) is 3.85. The third kappa shape index (κ3) is 2.25. The first-order chi connectivity index (χ1) is 10.7. The molecule has 4 rings (SSSR count). The van der Waals surface area contributed by atoms with E-state index in [1.165, 1.54) is 16.0 Å². The Morgan fingerprint density at radius 1 is 1.14 bits per heavy atom. The monoisotopic (exact) mass is 306 g/mol. The van der Waals surface area contributed by atoms with Gasteiger partial charge >= 0.3 is 0 Å². The van der Waals surface area contributed by atoms with Crippen molar-refractivity contribution >= 4 is 28.9 Å². The largest absolute Gasteiger partial charge is 0.301 e. The zero-order chi connectivity index (χ0) is 15.1. The molecule has 1 aliphatic carbocycles. The lowest BCUT2D eigenvalue weighted by Crippen LogP contribution is -2.27. The van der Waals surface area contributed by atoms with Gasteiger partial charge in [-0.1, -0.05) is 53.7 Å². The van der Waals surface area contributed by atoms with E-state index in [0.29, 0.717) is 10.7 Å². The molecule has 4 heteroatoms. The van der Waals surface area contributed by atoms with Gasteiger partial charge in [-0.05, 0) is 36.3 Å². The van der Waals surface area contributed by atoms with Gasteiger partial charge in [-0.2, -0.15) is 0 Å². The molecular weight excluding hydrogens is 292 g/mol. The van der Waals surface area contributed by atoms with Crippen molar-refractivity contribution in [2.45, 2.75) is 13.0 Å². The van der Waals surface area contributed by atoms with E-state index in [0.717, 1.165) is 5.56 Å². The Labute approximate surface area is 133 Å². The highest BCUT2D eigenvalue weighted by Crippen LogP contribution is 2.47. The van der Waals surface area contributed by atoms with Gasteiger partial charge in [-0.25, -0.2) is 4.99 Å². The molecule has 0 fully saturated rings. The first-order valence-corrected chi connectivity index (χ1v) is 7.96. The van der Waals surface area contributed by atoms with Gasteiger partial charge in [0.1, 0.15) is 6.04 Å². The molecule has 3 nitrogen and oxygen atoms in total. The van der Waals surface area contributed by atoms with Crippen LogP contribution >= 0.6 is 11.8 Å². The number of amidine groups is 1. The maximum absolute atomic E-state index is 12.3. The fraction of sp³-hybridized carbons (Fsp3) is 0.111. The van der Waals surface area contributed by atoms with Crippen LogP contribution < -0.4 is 5.32 Å². The van der Waals surface area contributed by atoms with E-state index in [2.05, 4.69) is 28.5 Å². The van der Waals surface area contributed by atoms with Crippen molar-refractivity contribution in [1.82, 2.24) is 5.32 Å². The summed E-state index contributed by atoms with van der Waals surface area (Å²) in [6, 6.07) is 15.8. The summed E-state index contributed by atoms with van der Waals surface area (Å²) in [5.74, 6) is -0.111. The standard InChI is InChI=1S/C18H14N2OS/c1-11-6-8-12(9-7-11)17(21)20-18-19-16-14-5-3-2-4-13(14)10-15(16)22-18/h2-10,16H,1H3,(H,19,20,21). The van der Waals surface area contributed by atoms with E-state index >= 15 is 0 Å². The summed E-state index contributed by atoms with van der Waals surface area (Å²) >= 11 is 1.54. The number of fused-ring (bicyclic) bond motifs is 3. The lowest BCUT2D eigenvalue weighted by Gasteiger charge is -2.05. The Bertz CT molecular complexity index is 821. The molecule has 1 heterocycles. The highest BCUT2D eigenvalue weighted by molar-refractivity contribution is 8.17. The van der Waals surface area contributed by atoms with Crippen molar-refractivity contribution in [3.63, 3.8) is 0 Å². The van der Waals surface area contributed by atoms with Gasteiger partial charge in [0, 0.05) is 10.5 Å². The van der Waals surface area contributed by atoms with Crippen molar-refractivity contribution in [2.75, 3.05) is 0 Å². The fourth-order valence-electron chi connectivity index (χ4n) is 2.68. The van der Waals surface area contributed by atoms with Gasteiger partial charge in [-0.15, -0.1) is 0 Å². The van der Waals surface area contributed by atoms with E-state index < -0.39 is 0 Å². The first kappa shape index (κ1) is 13.3. The van der Waals surface area contributed by atoms with Crippen molar-refractivity contribution in [1.29, 1.82) is 0 Å². The molecule has 0 aromatic heterocycles. The summed E-state index contributed by atoms with van der Waals surface area (Å²) in [4.78, 5) is 18.1. The van der Waals surface area contributed by atoms with E-state index in [1.807, 2.05) is 43.3 Å². The predicted molar refractivity (Wildman–Crippen MR) is 90.8 cm³/mol. The summed E-state index contributed by atoms with van der Waals surface area (Å²) in [6.07, 6.45) is 2.15. The lowest BCUT2D eigenvalue weighted by atomic mass is 10.1. The number of thioether (sulfide) groups is 1. The average molecular weight is 306 g/mol. The van der Waals surface area contributed by atoms with Gasteiger partial charge in [0.15, 0.2) is 5.17 Å². The molecule has 2 aromatic rings. The van der Waals surface area contributed by atoms with Gasteiger partial charge in [0.25, 0.3) is 5.91 Å². The molecular formula is C18H14N2OS. The molecule has 108 valence electrons. The number of nitrogens with one attached hydrogen (secondary N) is 1. The second-order valence-corrected chi connectivity index (χ2v) is 6.50. The molecule has 0 bridgehead atoms. The molecule has 0 saturated heterocycles. The van der Waals surface area contributed by atoms with Crippen LogP contribution in [0.5, 0.6) is 0 Å². The minimum atomic E-state index is -0.111. The van der Waals surface area contributed by atoms with Crippen LogP contribution in [0, 0.1) is 6.92 Å². The number of aryl methyl sites for hydroxylation is 1. The Balaban J connectivity index is 1.53. The van der Waals surface area contributed by atoms with Crippen LogP contribution in [0.2, 0.25) is 0 Å². The minimum Gasteiger partial charge on any atom is -0.301 e. The highest BCUT2D eigenvalue weighted by Gasteiger charge is 2.32. The summed E-state index contributed by atoms with van der Waals surface area (Å²) < 4.78 is 0. The number of carbonyl (C=O) groups is 1. The van der Waals surface area contributed by atoms with E-state index in [4.69, 9.17) is 0 Å². The number of rotatable bonds is 1. The normalized spacial score (nSPS) is 18.3. The van der Waals surface area contributed by atoms with Crippen LogP contribution in [0.25, 0.3) is 6.08 Å². The molecule has 1 unspecified atom stereocenters. The lowest BCUT2D eigenvalue weighted by molar-refractivity contribution is 0.0978. The molecule has 1 aliphatic heterocycles. The molecule has 0 spiro atoms. The maximum atomic E-state index is 12.3. The summed E-state index contributed by atoms with van der Waals surface area (Å²) in [5.41, 5.74) is 4.23. The Hall–Kier alpha value is -2.33. The quantitative estimate of drug-likeness (QED) is 0.867. The fourth-order valence-corrected chi connectivity index (χ4v) is 3.68. The van der Waals surface area contributed by atoms with Crippen molar-refractivity contribution in [3.8, 4) is 0 Å². The van der Waals surface area contributed by atoms with Gasteiger partial charge in [0.05, 0.1) is 0 Å². The summed E-state index contributed by atoms with van der Waals surface area (Å²) in [5, 5.41) is 3.58. The molecule has 2 aromatic carbocycles. The van der Waals surface area contributed by atoms with Crippen molar-refractivity contribution in [3.05, 3.63) is 75.7 Å². The van der Waals surface area contributed by atoms with Crippen LogP contribution in [0.3, 0.4) is 0 Å². The SMILES string of the molecule is Cc1ccc(C(=O)NC2=NC3C(=Cc4ccccc43)S2)cc1. The van der Waals surface area contributed by atoms with Crippen LogP contribution in [-0.4, -0.2) is 11.1 Å². The molecule has 0 saturated carbocycles. The Morgan fingerprint density at radius 2 is 1.91 bits per heavy atom. The van der Waals surface area contributed by atoms with Crippen LogP contribution in [0.1, 0.15) is 33.1 Å². The molecule has 1 amide bonds. The van der Waals surface area contributed by atoms with Crippen LogP contribution in [0.15, 0.2) is 58.4 Å².